The van der Waals surface area contributed by atoms with Crippen LogP contribution in [0.5, 0.6) is 5.75 Å². The van der Waals surface area contributed by atoms with E-state index in [1.807, 2.05) is 4.90 Å². The Morgan fingerprint density at radius 3 is 2.32 bits per heavy atom. The van der Waals surface area contributed by atoms with Gasteiger partial charge in [-0.25, -0.2) is 0 Å². The van der Waals surface area contributed by atoms with Gasteiger partial charge in [0.05, 0.1) is 4.99 Å². The minimum absolute atomic E-state index is 0.00465. The van der Waals surface area contributed by atoms with Crippen LogP contribution in [0, 0.1) is 0 Å². The molecule has 0 aromatic heterocycles. The number of aromatic hydroxyl groups is 1. The first kappa shape index (κ1) is 13.8. The van der Waals surface area contributed by atoms with E-state index in [9.17, 15) is 9.90 Å². The Hall–Kier alpha value is -1.66. The molecule has 0 radical (unpaired) electrons. The highest BCUT2D eigenvalue weighted by molar-refractivity contribution is 7.80. The smallest absolute Gasteiger partial charge is 0.253 e. The molecule has 1 amide bonds. The van der Waals surface area contributed by atoms with E-state index in [1.54, 1.807) is 12.1 Å². The van der Waals surface area contributed by atoms with Gasteiger partial charge in [-0.1, -0.05) is 12.2 Å². The predicted octanol–water partition coefficient (Wildman–Crippen LogP) is 0.436. The number of phenols is 1. The van der Waals surface area contributed by atoms with E-state index >= 15 is 0 Å². The molecule has 6 heteroatoms. The fourth-order valence-electron chi connectivity index (χ4n) is 2.12. The van der Waals surface area contributed by atoms with E-state index in [4.69, 9.17) is 18.0 Å². The lowest BCUT2D eigenvalue weighted by Crippen LogP contribution is -2.50. The van der Waals surface area contributed by atoms with Gasteiger partial charge in [-0.2, -0.15) is 0 Å². The van der Waals surface area contributed by atoms with Crippen molar-refractivity contribution in [3.8, 4) is 5.75 Å². The van der Waals surface area contributed by atoms with Gasteiger partial charge in [0.2, 0.25) is 0 Å². The van der Waals surface area contributed by atoms with Crippen LogP contribution in [0.3, 0.4) is 0 Å². The second-order valence-electron chi connectivity index (χ2n) is 4.58. The largest absolute Gasteiger partial charge is 0.508 e. The summed E-state index contributed by atoms with van der Waals surface area (Å²) in [7, 11) is 0. The van der Waals surface area contributed by atoms with Crippen molar-refractivity contribution in [1.82, 2.24) is 9.80 Å². The van der Waals surface area contributed by atoms with Crippen LogP contribution in [0.2, 0.25) is 0 Å². The summed E-state index contributed by atoms with van der Waals surface area (Å²) in [5.41, 5.74) is 6.11. The fourth-order valence-corrected chi connectivity index (χ4v) is 2.30. The van der Waals surface area contributed by atoms with Crippen LogP contribution in [0.4, 0.5) is 0 Å². The number of carbonyl (C=O) groups excluding carboxylic acids is 1. The van der Waals surface area contributed by atoms with Gasteiger partial charge in [-0.15, -0.1) is 0 Å². The molecule has 2 rings (SSSR count). The molecule has 0 atom stereocenters. The topological polar surface area (TPSA) is 69.8 Å². The van der Waals surface area contributed by atoms with Crippen molar-refractivity contribution in [1.29, 1.82) is 0 Å². The molecule has 0 aliphatic carbocycles. The Labute approximate surface area is 117 Å². The summed E-state index contributed by atoms with van der Waals surface area (Å²) < 4.78 is 0. The summed E-state index contributed by atoms with van der Waals surface area (Å²) >= 11 is 4.88. The Kier molecular flexibility index (Phi) is 4.34. The van der Waals surface area contributed by atoms with Gasteiger partial charge in [-0.3, -0.25) is 9.69 Å². The quantitative estimate of drug-likeness (QED) is 0.786. The molecule has 1 aromatic carbocycles. The van der Waals surface area contributed by atoms with E-state index in [-0.39, 0.29) is 11.7 Å². The Morgan fingerprint density at radius 1 is 1.21 bits per heavy atom. The van der Waals surface area contributed by atoms with Gasteiger partial charge in [0.25, 0.3) is 5.91 Å². The number of nitrogens with two attached hydrogens (primary N) is 1. The van der Waals surface area contributed by atoms with Crippen LogP contribution in [-0.2, 0) is 0 Å². The second-order valence-corrected chi connectivity index (χ2v) is 5.11. The van der Waals surface area contributed by atoms with Crippen molar-refractivity contribution < 1.29 is 9.90 Å². The van der Waals surface area contributed by atoms with Crippen molar-refractivity contribution in [3.63, 3.8) is 0 Å². The van der Waals surface area contributed by atoms with Crippen LogP contribution >= 0.6 is 12.2 Å². The molecule has 1 heterocycles. The SMILES string of the molecule is NC(=S)CN1CCN(C(=O)c2ccc(O)cc2)CC1. The molecule has 1 aromatic rings. The first-order valence-corrected chi connectivity index (χ1v) is 6.56. The summed E-state index contributed by atoms with van der Waals surface area (Å²) in [6, 6.07) is 6.32. The van der Waals surface area contributed by atoms with E-state index in [1.165, 1.54) is 12.1 Å². The molecule has 5 nitrogen and oxygen atoms in total. The van der Waals surface area contributed by atoms with Crippen LogP contribution in [0.15, 0.2) is 24.3 Å². The molecular formula is C13H17N3O2S. The first-order chi connectivity index (χ1) is 9.06. The summed E-state index contributed by atoms with van der Waals surface area (Å²) in [6.07, 6.45) is 0. The lowest BCUT2D eigenvalue weighted by Gasteiger charge is -2.34. The lowest BCUT2D eigenvalue weighted by molar-refractivity contribution is 0.0654. The number of rotatable bonds is 3. The minimum Gasteiger partial charge on any atom is -0.508 e. The average molecular weight is 279 g/mol. The van der Waals surface area contributed by atoms with Gasteiger partial charge in [0.15, 0.2) is 0 Å². The van der Waals surface area contributed by atoms with Crippen molar-refractivity contribution in [3.05, 3.63) is 29.8 Å². The zero-order valence-electron chi connectivity index (χ0n) is 10.6. The molecule has 0 unspecified atom stereocenters. The Morgan fingerprint density at radius 2 is 1.79 bits per heavy atom. The second kappa shape index (κ2) is 5.99. The monoisotopic (exact) mass is 279 g/mol. The number of hydrogen-bond donors (Lipinski definition) is 2. The van der Waals surface area contributed by atoms with E-state index in [0.717, 1.165) is 13.1 Å². The van der Waals surface area contributed by atoms with Gasteiger partial charge in [0, 0.05) is 38.3 Å². The summed E-state index contributed by atoms with van der Waals surface area (Å²) in [4.78, 5) is 16.6. The lowest BCUT2D eigenvalue weighted by atomic mass is 10.1. The number of nitrogens with zero attached hydrogens (tertiary/aromatic N) is 2. The number of phenolic OH excluding ortho intramolecular Hbond substituents is 1. The molecule has 102 valence electrons. The fraction of sp³-hybridized carbons (Fsp3) is 0.385. The average Bonchev–Trinajstić information content (AvgIpc) is 2.39. The molecule has 19 heavy (non-hydrogen) atoms. The van der Waals surface area contributed by atoms with Crippen LogP contribution in [0.25, 0.3) is 0 Å². The standard InChI is InChI=1S/C13H17N3O2S/c14-12(19)9-15-5-7-16(8-6-15)13(18)10-1-3-11(17)4-2-10/h1-4,17H,5-9H2,(H2,14,19). The first-order valence-electron chi connectivity index (χ1n) is 6.15. The third kappa shape index (κ3) is 3.65. The van der Waals surface area contributed by atoms with E-state index < -0.39 is 0 Å². The number of thiocarbonyl (C=S) groups is 1. The Bertz CT molecular complexity index is 467. The van der Waals surface area contributed by atoms with Gasteiger partial charge < -0.3 is 15.7 Å². The zero-order valence-corrected chi connectivity index (χ0v) is 11.4. The van der Waals surface area contributed by atoms with Crippen LogP contribution < -0.4 is 5.73 Å². The highest BCUT2D eigenvalue weighted by atomic mass is 32.1. The van der Waals surface area contributed by atoms with Gasteiger partial charge >= 0.3 is 0 Å². The third-order valence-corrected chi connectivity index (χ3v) is 3.28. The molecular weight excluding hydrogens is 262 g/mol. The maximum Gasteiger partial charge on any atom is 0.253 e. The molecule has 3 N–H and O–H groups in total. The molecule has 0 bridgehead atoms. The molecule has 1 saturated heterocycles. The Balaban J connectivity index is 1.92. The summed E-state index contributed by atoms with van der Waals surface area (Å²) in [5.74, 6) is 0.160. The predicted molar refractivity (Wildman–Crippen MR) is 77.2 cm³/mol. The van der Waals surface area contributed by atoms with Crippen LogP contribution in [-0.4, -0.2) is 58.5 Å². The van der Waals surface area contributed by atoms with Crippen LogP contribution in [0.1, 0.15) is 10.4 Å². The highest BCUT2D eigenvalue weighted by Gasteiger charge is 2.22. The molecule has 1 aliphatic heterocycles. The van der Waals surface area contributed by atoms with Gasteiger partial charge in [-0.05, 0) is 24.3 Å². The number of hydrogen-bond acceptors (Lipinski definition) is 4. The number of piperazine rings is 1. The number of benzene rings is 1. The molecule has 1 aliphatic rings. The van der Waals surface area contributed by atoms with Crippen molar-refractivity contribution in [2.45, 2.75) is 0 Å². The molecule has 1 fully saturated rings. The normalized spacial score (nSPS) is 16.3. The minimum atomic E-state index is -0.00465. The number of amides is 1. The van der Waals surface area contributed by atoms with Gasteiger partial charge in [0.1, 0.15) is 5.75 Å². The number of carbonyl (C=O) groups is 1. The van der Waals surface area contributed by atoms with Crippen molar-refractivity contribution in [2.75, 3.05) is 32.7 Å². The highest BCUT2D eigenvalue weighted by Crippen LogP contribution is 2.13. The van der Waals surface area contributed by atoms with E-state index in [0.29, 0.717) is 30.2 Å². The maximum atomic E-state index is 12.2. The third-order valence-electron chi connectivity index (χ3n) is 3.15. The zero-order chi connectivity index (χ0) is 13.8. The van der Waals surface area contributed by atoms with E-state index in [2.05, 4.69) is 4.90 Å². The summed E-state index contributed by atoms with van der Waals surface area (Å²) in [5, 5.41) is 9.21. The van der Waals surface area contributed by atoms with Crippen molar-refractivity contribution in [2.24, 2.45) is 5.73 Å². The molecule has 0 spiro atoms. The summed E-state index contributed by atoms with van der Waals surface area (Å²) in [6.45, 7) is 3.50. The maximum absolute atomic E-state index is 12.2. The molecule has 0 saturated carbocycles. The van der Waals surface area contributed by atoms with Crippen molar-refractivity contribution >= 4 is 23.1 Å².